The fraction of sp³-hybridized carbons (Fsp3) is 0.439. The number of H-pyrrole nitrogens is 2. The van der Waals surface area contributed by atoms with Crippen LogP contribution in [-0.2, 0) is 100 Å². The van der Waals surface area contributed by atoms with E-state index in [0.717, 1.165) is 53.2 Å². The second-order valence-electron chi connectivity index (χ2n) is 28.7. The second kappa shape index (κ2) is 49.2. The summed E-state index contributed by atoms with van der Waals surface area (Å²) < 4.78 is 131. The molecule has 5 atom stereocenters. The summed E-state index contributed by atoms with van der Waals surface area (Å²) in [5, 5.41) is 2.70. The zero-order chi connectivity index (χ0) is 98.6. The van der Waals surface area contributed by atoms with E-state index in [2.05, 4.69) is 94.6 Å². The molecule has 1 fully saturated rings. The van der Waals surface area contributed by atoms with Gasteiger partial charge in [-0.2, -0.15) is 66.4 Å². The van der Waals surface area contributed by atoms with Gasteiger partial charge in [0.1, 0.15) is 34.0 Å². The van der Waals surface area contributed by atoms with Gasteiger partial charge in [-0.1, -0.05) is 119 Å². The maximum atomic E-state index is 14.2. The van der Waals surface area contributed by atoms with Crippen LogP contribution in [0.1, 0.15) is 122 Å². The molecule has 3 amide bonds. The van der Waals surface area contributed by atoms with Gasteiger partial charge in [0.25, 0.3) is 0 Å². The van der Waals surface area contributed by atoms with Gasteiger partial charge in [-0.3, -0.25) is 71.9 Å². The molecule has 12 N–H and O–H groups in total. The van der Waals surface area contributed by atoms with E-state index in [1.54, 1.807) is 44.8 Å². The number of carbonyl (C=O) groups excluding carboxylic acids is 5. The Kier molecular flexibility index (Phi) is 39.5. The van der Waals surface area contributed by atoms with E-state index in [4.69, 9.17) is 94.9 Å². The smallest absolute Gasteiger partial charge is 0.497 e. The molecule has 0 radical (unpaired) electrons. The molecule has 0 bridgehead atoms. The van der Waals surface area contributed by atoms with Gasteiger partial charge in [0.15, 0.2) is 45.8 Å². The average Bonchev–Trinajstić information content (AvgIpc) is 1.60. The van der Waals surface area contributed by atoms with Gasteiger partial charge in [-0.05, 0) is 89.1 Å². The van der Waals surface area contributed by atoms with Crippen molar-refractivity contribution in [1.82, 2.24) is 78.1 Å². The number of benzene rings is 3. The minimum absolute atomic E-state index is 0.0518. The molecule has 0 saturated carbocycles. The number of hydrogen-bond acceptors (Lipinski definition) is 34. The van der Waals surface area contributed by atoms with Gasteiger partial charge in [-0.25, -0.2) is 23.8 Å². The van der Waals surface area contributed by atoms with E-state index in [1.165, 1.54) is 64.6 Å². The molecule has 3 aliphatic rings. The highest BCUT2D eigenvalue weighted by atomic mass is 127. The fourth-order valence-electron chi connectivity index (χ4n) is 12.9. The average molecular weight is 2020 g/mol. The Hall–Kier alpha value is -13.4. The molecule has 3 aromatic carbocycles. The van der Waals surface area contributed by atoms with E-state index >= 15 is 0 Å². The van der Waals surface area contributed by atoms with Crippen LogP contribution in [0.15, 0.2) is 87.2 Å². The molecular weight excluding hydrogens is 1910 g/mol. The number of aromatic amines is 2. The zero-order valence-corrected chi connectivity index (χ0v) is 79.2. The van der Waals surface area contributed by atoms with E-state index in [1.807, 2.05) is 107 Å². The largest absolute Gasteiger partial charge is 0.522 e. The number of hydrogen-bond donors (Lipinski definition) is 8. The number of nitrogens with zero attached hydrogens (tertiary/aromatic N) is 16. The molecule has 44 nitrogen and oxygen atoms in total. The lowest BCUT2D eigenvalue weighted by atomic mass is 9.97. The first-order chi connectivity index (χ1) is 63.0. The molecule has 1 unspecified atom stereocenters. The molecular formula is C82H105ClF4IN23O21S. The predicted octanol–water partition coefficient (Wildman–Crippen LogP) is 9.06. The number of halogens is 6. The predicted molar refractivity (Wildman–Crippen MR) is 491 cm³/mol. The Balaban J connectivity index is 0.000000213. The molecule has 11 aromatic rings. The number of nitrogens with two attached hydrogens (primary N) is 4. The summed E-state index contributed by atoms with van der Waals surface area (Å²) in [6.45, 7) is 18.4. The second-order valence-corrected chi connectivity index (χ2v) is 31.5. The zero-order valence-electron chi connectivity index (χ0n) is 75.5. The van der Waals surface area contributed by atoms with Crippen molar-refractivity contribution in [2.45, 2.75) is 177 Å². The summed E-state index contributed by atoms with van der Waals surface area (Å²) in [5.41, 5.74) is 23.4. The number of nitrogens with one attached hydrogen (secondary N) is 3. The SMILES string of the molecule is CCCI.CCCn1c(=O)[nH]c2nc(N)nc(OC)c21.CCCn1c(=O)[nH]c2nc(NC(C)=O)nc(OC)c21.CCCn1c(=O)n(Cc2ccc(OC)cc2)c2nc(N)nc(OC)c21.CC[C@H](C)[C@H]1OC(OC(C)=O)[C@H](OC(C)=O)[C@H]1F.COc1ccc(CN2C(=O)Cc3c(Cl)nc(N)nc32)cc1.COc1ccc(CN2C(=O)Cc3c(OC)nc(N)nc32)cc1.O=S(=O)(O)C(F)(F)F. The summed E-state index contributed by atoms with van der Waals surface area (Å²) in [4.78, 5) is 143. The maximum Gasteiger partial charge on any atom is 0.522 e. The number of aromatic nitrogens is 16. The number of fused-ring (bicyclic) bond motifs is 5. The molecule has 11 heterocycles. The number of ether oxygens (including phenoxy) is 10. The molecule has 1 saturated heterocycles. The number of nitrogen functional groups attached to an aromatic ring is 4. The van der Waals surface area contributed by atoms with Crippen molar-refractivity contribution < 1.29 is 102 Å². The third kappa shape index (κ3) is 28.1. The van der Waals surface area contributed by atoms with Crippen molar-refractivity contribution in [2.24, 2.45) is 5.92 Å². The number of anilines is 7. The molecule has 14 rings (SSSR count). The van der Waals surface area contributed by atoms with Crippen LogP contribution >= 0.6 is 34.2 Å². The third-order valence-corrected chi connectivity index (χ3v) is 21.1. The normalized spacial score (nSPS) is 14.7. The van der Waals surface area contributed by atoms with Crippen molar-refractivity contribution in [3.05, 3.63) is 137 Å². The van der Waals surface area contributed by atoms with Gasteiger partial charge in [0.2, 0.25) is 77.3 Å². The summed E-state index contributed by atoms with van der Waals surface area (Å²) in [5.74, 6) is 3.23. The Morgan fingerprint density at radius 3 is 1.35 bits per heavy atom. The first-order valence-electron chi connectivity index (χ1n) is 40.7. The van der Waals surface area contributed by atoms with Crippen LogP contribution in [-0.4, -0.2) is 205 Å². The fourth-order valence-corrected chi connectivity index (χ4v) is 13.2. The maximum absolute atomic E-state index is 14.2. The summed E-state index contributed by atoms with van der Waals surface area (Å²) >= 11 is 8.37. The molecule has 722 valence electrons. The Bertz CT molecular complexity index is 6150. The van der Waals surface area contributed by atoms with Gasteiger partial charge in [0.05, 0.1) is 93.9 Å². The van der Waals surface area contributed by atoms with Crippen LogP contribution in [0.2, 0.25) is 5.15 Å². The van der Waals surface area contributed by atoms with Crippen molar-refractivity contribution in [3.63, 3.8) is 0 Å². The molecule has 3 aliphatic heterocycles. The number of amides is 3. The monoisotopic (exact) mass is 2020 g/mol. The van der Waals surface area contributed by atoms with Crippen LogP contribution in [0.25, 0.3) is 33.5 Å². The van der Waals surface area contributed by atoms with Crippen molar-refractivity contribution in [1.29, 1.82) is 0 Å². The van der Waals surface area contributed by atoms with E-state index in [9.17, 15) is 55.9 Å². The van der Waals surface area contributed by atoms with Crippen LogP contribution in [0, 0.1) is 5.92 Å². The summed E-state index contributed by atoms with van der Waals surface area (Å²) in [6, 6.07) is 22.6. The number of alkyl halides is 5. The van der Waals surface area contributed by atoms with Crippen LogP contribution in [0.4, 0.5) is 58.9 Å². The number of carbonyl (C=O) groups is 5. The van der Waals surface area contributed by atoms with Crippen LogP contribution in [0.3, 0.4) is 0 Å². The Morgan fingerprint density at radius 1 is 0.549 bits per heavy atom. The molecule has 51 heteroatoms. The van der Waals surface area contributed by atoms with Gasteiger partial charge < -0.3 is 70.3 Å². The van der Waals surface area contributed by atoms with Gasteiger partial charge in [0, 0.05) is 46.0 Å². The Labute approximate surface area is 777 Å². The van der Waals surface area contributed by atoms with Crippen LogP contribution in [0.5, 0.6) is 40.8 Å². The minimum atomic E-state index is -5.84. The number of esters is 2. The molecule has 8 aromatic heterocycles. The standard InChI is InChI=1S/C17H21N5O3.C15H16N4O3.C14H13ClN4O2.C12H19FO5.C11H15N5O3.C9H13N5O2.C3H7I.CHF3O3S/c1-4-9-21-13-14(19-16(18)20-15(13)25-3)22(17(21)23)10-11-5-7-12(24-2)8-6-11;1-21-10-5-3-9(4-6-10)8-19-12(20)7-11-13(19)17-15(16)18-14(11)22-2;1-21-9-4-2-8(3-5-9)7-19-11(20)6-10-12(15)17-14(16)18-13(10)19;1-5-6(2)10-9(13)11(16-7(3)14)12(18-10)17-8(4)15;1-4-5-16-7-8(14-11(16)18)13-10(12-6(2)17)15-9(7)19-3;1-3-4-14-5-6(12-9(14)15)11-8(10)13-7(5)16-2;1-2-3-4;2-1(3,4)8(5,6)7/h5-8H,4,9-10H2,1-3H3,(H2,18,19,20);3-6H,7-8H2,1-2H3,(H2,16,17,18);2-5H,6-7H2,1H3,(H2,16,17,18);6,9-12H,5H2,1-4H3;4-5H2,1-3H3,(H2,12,13,14,15,17,18);3-4H2,1-2H3,(H3,10,11,12,13,15);2-3H2,1H3;(H,5,6,7)/t;;;6-,9-,10+,11+,12?;;;;/m...0..../s1. The Morgan fingerprint density at radius 2 is 0.940 bits per heavy atom. The first kappa shape index (κ1) is 107. The number of imidazole rings is 3. The summed E-state index contributed by atoms with van der Waals surface area (Å²) in [7, 11) is 4.93. The molecule has 0 aliphatic carbocycles. The first-order valence-corrected chi connectivity index (χ1v) is 44.1. The van der Waals surface area contributed by atoms with Crippen molar-refractivity contribution in [3.8, 4) is 40.8 Å². The van der Waals surface area contributed by atoms with E-state index in [-0.39, 0.29) is 94.3 Å². The lowest BCUT2D eigenvalue weighted by molar-refractivity contribution is -0.196. The molecule has 0 spiro atoms. The quantitative estimate of drug-likeness (QED) is 0.00503. The van der Waals surface area contributed by atoms with E-state index < -0.39 is 52.2 Å². The minimum Gasteiger partial charge on any atom is -0.497 e. The lowest BCUT2D eigenvalue weighted by Crippen LogP contribution is -2.36. The van der Waals surface area contributed by atoms with E-state index in [0.29, 0.717) is 120 Å². The van der Waals surface area contributed by atoms with Crippen molar-refractivity contribution >= 4 is 149 Å². The highest BCUT2D eigenvalue weighted by Crippen LogP contribution is 2.38. The number of rotatable bonds is 25. The lowest BCUT2D eigenvalue weighted by Gasteiger charge is -2.19. The summed E-state index contributed by atoms with van der Waals surface area (Å²) in [6.07, 6.45) is 0.284. The highest BCUT2D eigenvalue weighted by Gasteiger charge is 2.51. The van der Waals surface area contributed by atoms with Gasteiger partial charge >= 0.3 is 44.6 Å². The van der Waals surface area contributed by atoms with Gasteiger partial charge in [-0.15, -0.1) is 0 Å². The van der Waals surface area contributed by atoms with Crippen molar-refractivity contribution in [2.75, 3.05) is 92.2 Å². The number of aryl methyl sites for hydroxylation is 3. The highest BCUT2D eigenvalue weighted by molar-refractivity contribution is 14.1. The van der Waals surface area contributed by atoms with Crippen LogP contribution < -0.4 is 88.3 Å². The topological polar surface area (TPSA) is 586 Å². The molecule has 133 heavy (non-hydrogen) atoms. The number of methoxy groups -OCH3 is 7. The third-order valence-electron chi connectivity index (χ3n) is 19.1.